The van der Waals surface area contributed by atoms with E-state index in [1.807, 2.05) is 50.7 Å². The number of imidazole rings is 1. The SMILES string of the molecule is CC(C)OCc1cn(-c2cnccc2COC(C)C)cn1. The molecular formula is C16H23N3O2. The van der Waals surface area contributed by atoms with Crippen LogP contribution in [0.4, 0.5) is 0 Å². The van der Waals surface area contributed by atoms with E-state index in [-0.39, 0.29) is 12.2 Å². The topological polar surface area (TPSA) is 49.2 Å². The van der Waals surface area contributed by atoms with E-state index in [2.05, 4.69) is 9.97 Å². The standard InChI is InChI=1S/C16H23N3O2/c1-12(2)20-9-14-5-6-17-7-16(14)19-8-15(18-11-19)10-21-13(3)4/h5-8,11-13H,9-10H2,1-4H3. The molecule has 2 heterocycles. The van der Waals surface area contributed by atoms with Crippen molar-refractivity contribution in [2.75, 3.05) is 0 Å². The summed E-state index contributed by atoms with van der Waals surface area (Å²) in [6.45, 7) is 9.16. The first-order valence-electron chi connectivity index (χ1n) is 7.25. The molecule has 0 atom stereocenters. The molecule has 0 saturated carbocycles. The van der Waals surface area contributed by atoms with Crippen molar-refractivity contribution in [2.24, 2.45) is 0 Å². The van der Waals surface area contributed by atoms with Gasteiger partial charge in [0, 0.05) is 18.0 Å². The fourth-order valence-electron chi connectivity index (χ4n) is 1.85. The predicted molar refractivity (Wildman–Crippen MR) is 81.2 cm³/mol. The van der Waals surface area contributed by atoms with Gasteiger partial charge < -0.3 is 14.0 Å². The zero-order valence-corrected chi connectivity index (χ0v) is 13.1. The van der Waals surface area contributed by atoms with Crippen LogP contribution in [0.5, 0.6) is 0 Å². The first-order valence-corrected chi connectivity index (χ1v) is 7.25. The van der Waals surface area contributed by atoms with Crippen LogP contribution in [0.15, 0.2) is 31.0 Å². The van der Waals surface area contributed by atoms with Crippen LogP contribution in [0.2, 0.25) is 0 Å². The molecule has 0 bridgehead atoms. The van der Waals surface area contributed by atoms with Crippen molar-refractivity contribution in [3.05, 3.63) is 42.2 Å². The summed E-state index contributed by atoms with van der Waals surface area (Å²) in [5.41, 5.74) is 2.98. The largest absolute Gasteiger partial charge is 0.374 e. The van der Waals surface area contributed by atoms with Crippen LogP contribution in [0, 0.1) is 0 Å². The molecular weight excluding hydrogens is 266 g/mol. The van der Waals surface area contributed by atoms with Gasteiger partial charge in [-0.05, 0) is 33.8 Å². The molecule has 0 aliphatic carbocycles. The third-order valence-corrected chi connectivity index (χ3v) is 2.94. The van der Waals surface area contributed by atoms with Crippen LogP contribution in [0.3, 0.4) is 0 Å². The average Bonchev–Trinajstić information content (AvgIpc) is 2.92. The third kappa shape index (κ3) is 4.65. The zero-order valence-electron chi connectivity index (χ0n) is 13.1. The highest BCUT2D eigenvalue weighted by Crippen LogP contribution is 2.16. The van der Waals surface area contributed by atoms with Gasteiger partial charge in [-0.3, -0.25) is 4.98 Å². The highest BCUT2D eigenvalue weighted by molar-refractivity contribution is 5.38. The number of nitrogens with zero attached hydrogens (tertiary/aromatic N) is 3. The molecule has 5 nitrogen and oxygen atoms in total. The van der Waals surface area contributed by atoms with Crippen LogP contribution in [-0.2, 0) is 22.7 Å². The van der Waals surface area contributed by atoms with Crippen LogP contribution >= 0.6 is 0 Å². The summed E-state index contributed by atoms with van der Waals surface area (Å²) >= 11 is 0. The van der Waals surface area contributed by atoms with Gasteiger partial charge in [-0.1, -0.05) is 0 Å². The molecule has 0 spiro atoms. The van der Waals surface area contributed by atoms with Gasteiger partial charge in [0.05, 0.1) is 49.3 Å². The van der Waals surface area contributed by atoms with Crippen molar-refractivity contribution >= 4 is 0 Å². The second kappa shape index (κ2) is 7.33. The molecule has 21 heavy (non-hydrogen) atoms. The molecule has 0 saturated heterocycles. The second-order valence-corrected chi connectivity index (χ2v) is 5.50. The third-order valence-electron chi connectivity index (χ3n) is 2.94. The van der Waals surface area contributed by atoms with Crippen molar-refractivity contribution < 1.29 is 9.47 Å². The molecule has 0 aromatic carbocycles. The molecule has 2 rings (SSSR count). The minimum Gasteiger partial charge on any atom is -0.374 e. The van der Waals surface area contributed by atoms with E-state index in [0.717, 1.165) is 16.9 Å². The maximum atomic E-state index is 5.69. The quantitative estimate of drug-likeness (QED) is 0.786. The Balaban J connectivity index is 2.14. The minimum atomic E-state index is 0.198. The van der Waals surface area contributed by atoms with E-state index in [1.165, 1.54) is 0 Å². The summed E-state index contributed by atoms with van der Waals surface area (Å²) in [7, 11) is 0. The van der Waals surface area contributed by atoms with Crippen molar-refractivity contribution in [3.8, 4) is 5.69 Å². The minimum absolute atomic E-state index is 0.198. The molecule has 0 unspecified atom stereocenters. The van der Waals surface area contributed by atoms with Gasteiger partial charge in [0.15, 0.2) is 0 Å². The van der Waals surface area contributed by atoms with Gasteiger partial charge in [-0.15, -0.1) is 0 Å². The van der Waals surface area contributed by atoms with Gasteiger partial charge in [-0.25, -0.2) is 4.98 Å². The Morgan fingerprint density at radius 2 is 1.81 bits per heavy atom. The van der Waals surface area contributed by atoms with Gasteiger partial charge >= 0.3 is 0 Å². The molecule has 2 aromatic heterocycles. The monoisotopic (exact) mass is 289 g/mol. The first-order chi connectivity index (χ1) is 10.1. The lowest BCUT2D eigenvalue weighted by Gasteiger charge is -2.12. The summed E-state index contributed by atoms with van der Waals surface area (Å²) < 4.78 is 13.2. The molecule has 5 heteroatoms. The summed E-state index contributed by atoms with van der Waals surface area (Å²) in [4.78, 5) is 8.57. The molecule has 114 valence electrons. The van der Waals surface area contributed by atoms with Crippen LogP contribution in [0.1, 0.15) is 39.0 Å². The number of hydrogen-bond acceptors (Lipinski definition) is 4. The zero-order chi connectivity index (χ0) is 15.2. The van der Waals surface area contributed by atoms with E-state index in [0.29, 0.717) is 13.2 Å². The van der Waals surface area contributed by atoms with Crippen LogP contribution in [-0.4, -0.2) is 26.7 Å². The molecule has 2 aromatic rings. The molecule has 0 aliphatic rings. The fraction of sp³-hybridized carbons (Fsp3) is 0.500. The average molecular weight is 289 g/mol. The Kier molecular flexibility index (Phi) is 5.47. The van der Waals surface area contributed by atoms with Crippen molar-refractivity contribution in [1.29, 1.82) is 0 Å². The van der Waals surface area contributed by atoms with Crippen molar-refractivity contribution in [2.45, 2.75) is 53.1 Å². The molecule has 0 aliphatic heterocycles. The van der Waals surface area contributed by atoms with Gasteiger partial charge in [0.1, 0.15) is 0 Å². The first kappa shape index (κ1) is 15.7. The van der Waals surface area contributed by atoms with Gasteiger partial charge in [-0.2, -0.15) is 0 Å². The van der Waals surface area contributed by atoms with E-state index in [4.69, 9.17) is 9.47 Å². The number of rotatable bonds is 7. The lowest BCUT2D eigenvalue weighted by molar-refractivity contribution is 0.0637. The Labute approximate surface area is 125 Å². The lowest BCUT2D eigenvalue weighted by atomic mass is 10.2. The van der Waals surface area contributed by atoms with E-state index < -0.39 is 0 Å². The Morgan fingerprint density at radius 3 is 2.52 bits per heavy atom. The maximum Gasteiger partial charge on any atom is 0.0996 e. The van der Waals surface area contributed by atoms with Crippen LogP contribution < -0.4 is 0 Å². The normalized spacial score (nSPS) is 11.5. The Hall–Kier alpha value is -1.72. The van der Waals surface area contributed by atoms with Crippen LogP contribution in [0.25, 0.3) is 5.69 Å². The second-order valence-electron chi connectivity index (χ2n) is 5.50. The van der Waals surface area contributed by atoms with Crippen molar-refractivity contribution in [3.63, 3.8) is 0 Å². The number of hydrogen-bond donors (Lipinski definition) is 0. The number of aromatic nitrogens is 3. The van der Waals surface area contributed by atoms with E-state index in [9.17, 15) is 0 Å². The predicted octanol–water partition coefficient (Wildman–Crippen LogP) is 3.12. The van der Waals surface area contributed by atoms with Crippen molar-refractivity contribution in [1.82, 2.24) is 14.5 Å². The number of ether oxygens (including phenoxy) is 2. The highest BCUT2D eigenvalue weighted by atomic mass is 16.5. The fourth-order valence-corrected chi connectivity index (χ4v) is 1.85. The molecule has 0 N–H and O–H groups in total. The molecule has 0 amide bonds. The number of pyridine rings is 1. The summed E-state index contributed by atoms with van der Waals surface area (Å²) in [6.07, 6.45) is 7.76. The molecule has 0 radical (unpaired) electrons. The summed E-state index contributed by atoms with van der Waals surface area (Å²) in [6, 6.07) is 1.97. The van der Waals surface area contributed by atoms with E-state index in [1.54, 1.807) is 12.5 Å². The Morgan fingerprint density at radius 1 is 1.10 bits per heavy atom. The summed E-state index contributed by atoms with van der Waals surface area (Å²) in [5.74, 6) is 0. The lowest BCUT2D eigenvalue weighted by Crippen LogP contribution is -2.06. The van der Waals surface area contributed by atoms with E-state index >= 15 is 0 Å². The van der Waals surface area contributed by atoms with Gasteiger partial charge in [0.2, 0.25) is 0 Å². The molecule has 0 fully saturated rings. The summed E-state index contributed by atoms with van der Waals surface area (Å²) in [5, 5.41) is 0. The Bertz CT molecular complexity index is 564. The maximum absolute atomic E-state index is 5.69. The van der Waals surface area contributed by atoms with Gasteiger partial charge in [0.25, 0.3) is 0 Å². The highest BCUT2D eigenvalue weighted by Gasteiger charge is 2.08. The smallest absolute Gasteiger partial charge is 0.0996 e.